The molecule has 0 fully saturated rings. The van der Waals surface area contributed by atoms with Gasteiger partial charge in [0.25, 0.3) is 0 Å². The number of rotatable bonds is 6. The molecule has 0 saturated carbocycles. The van der Waals surface area contributed by atoms with E-state index in [2.05, 4.69) is 4.72 Å². The van der Waals surface area contributed by atoms with Gasteiger partial charge in [-0.2, -0.15) is 0 Å². The third-order valence-electron chi connectivity index (χ3n) is 2.37. The fourth-order valence-electron chi connectivity index (χ4n) is 1.45. The Labute approximate surface area is 109 Å². The van der Waals surface area contributed by atoms with Crippen LogP contribution < -0.4 is 9.46 Å². The van der Waals surface area contributed by atoms with Gasteiger partial charge in [-0.1, -0.05) is 19.9 Å². The maximum atomic E-state index is 12.2. The third kappa shape index (κ3) is 3.99. The fourth-order valence-corrected chi connectivity index (χ4v) is 2.90. The van der Waals surface area contributed by atoms with Crippen LogP contribution in [-0.4, -0.2) is 21.6 Å². The Kier molecular flexibility index (Phi) is 5.16. The Balaban J connectivity index is 3.09. The molecule has 1 aromatic rings. The van der Waals surface area contributed by atoms with Crippen LogP contribution in [0.5, 0.6) is 5.75 Å². The molecule has 1 rings (SSSR count). The van der Waals surface area contributed by atoms with E-state index in [0.717, 1.165) is 5.56 Å². The van der Waals surface area contributed by atoms with Gasteiger partial charge in [-0.05, 0) is 37.5 Å². The number of sulfonamides is 1. The van der Waals surface area contributed by atoms with Crippen LogP contribution in [0.4, 0.5) is 0 Å². The van der Waals surface area contributed by atoms with Crippen molar-refractivity contribution in [1.82, 2.24) is 4.72 Å². The number of hydrogen-bond acceptors (Lipinski definition) is 3. The first-order chi connectivity index (χ1) is 8.36. The molecule has 0 spiro atoms. The molecule has 0 saturated heterocycles. The predicted molar refractivity (Wildman–Crippen MR) is 72.4 cm³/mol. The number of benzene rings is 1. The third-order valence-corrected chi connectivity index (χ3v) is 3.81. The first-order valence-corrected chi connectivity index (χ1v) is 7.58. The molecule has 0 atom stereocenters. The highest BCUT2D eigenvalue weighted by Gasteiger charge is 2.19. The molecule has 0 heterocycles. The molecule has 0 bridgehead atoms. The second-order valence-electron chi connectivity index (χ2n) is 4.63. The van der Waals surface area contributed by atoms with E-state index in [1.54, 1.807) is 12.1 Å². The molecule has 1 aromatic carbocycles. The van der Waals surface area contributed by atoms with Gasteiger partial charge < -0.3 is 4.74 Å². The lowest BCUT2D eigenvalue weighted by Gasteiger charge is -2.13. The van der Waals surface area contributed by atoms with Crippen LogP contribution in [0.25, 0.3) is 0 Å². The molecule has 0 aliphatic heterocycles. The lowest BCUT2D eigenvalue weighted by Crippen LogP contribution is -2.28. The smallest absolute Gasteiger partial charge is 0.244 e. The molecule has 1 N–H and O–H groups in total. The minimum atomic E-state index is -3.51. The zero-order chi connectivity index (χ0) is 13.8. The molecule has 5 heteroatoms. The fraction of sp³-hybridized carbons (Fsp3) is 0.538. The summed E-state index contributed by atoms with van der Waals surface area (Å²) in [6, 6.07) is 5.17. The monoisotopic (exact) mass is 271 g/mol. The van der Waals surface area contributed by atoms with Gasteiger partial charge >= 0.3 is 0 Å². The van der Waals surface area contributed by atoms with Crippen molar-refractivity contribution in [1.29, 1.82) is 0 Å². The topological polar surface area (TPSA) is 55.4 Å². The van der Waals surface area contributed by atoms with Crippen molar-refractivity contribution in [2.45, 2.75) is 32.6 Å². The van der Waals surface area contributed by atoms with Crippen LogP contribution in [0.1, 0.15) is 26.3 Å². The Morgan fingerprint density at radius 2 is 2.00 bits per heavy atom. The van der Waals surface area contributed by atoms with Crippen molar-refractivity contribution in [3.8, 4) is 5.75 Å². The van der Waals surface area contributed by atoms with Gasteiger partial charge in [0.2, 0.25) is 10.0 Å². The summed E-state index contributed by atoms with van der Waals surface area (Å²) in [5, 5.41) is 0. The van der Waals surface area contributed by atoms with Crippen molar-refractivity contribution in [2.24, 2.45) is 5.92 Å². The van der Waals surface area contributed by atoms with E-state index >= 15 is 0 Å². The van der Waals surface area contributed by atoms with Gasteiger partial charge in [0.05, 0.1) is 6.61 Å². The molecule has 102 valence electrons. The van der Waals surface area contributed by atoms with Crippen LogP contribution in [0.15, 0.2) is 23.1 Å². The second-order valence-corrected chi connectivity index (χ2v) is 6.36. The zero-order valence-corrected chi connectivity index (χ0v) is 12.2. The maximum Gasteiger partial charge on any atom is 0.244 e. The number of hydrogen-bond donors (Lipinski definition) is 1. The van der Waals surface area contributed by atoms with Crippen LogP contribution >= 0.6 is 0 Å². The Morgan fingerprint density at radius 1 is 1.33 bits per heavy atom. The van der Waals surface area contributed by atoms with Crippen molar-refractivity contribution in [3.05, 3.63) is 23.8 Å². The summed E-state index contributed by atoms with van der Waals surface area (Å²) in [5.74, 6) is 0.666. The van der Waals surface area contributed by atoms with Crippen LogP contribution in [0.3, 0.4) is 0 Å². The molecule has 0 amide bonds. The van der Waals surface area contributed by atoms with Crippen LogP contribution in [0, 0.1) is 12.8 Å². The van der Waals surface area contributed by atoms with Gasteiger partial charge in [-0.3, -0.25) is 0 Å². The first kappa shape index (κ1) is 15.0. The molecule has 0 unspecified atom stereocenters. The molecule has 18 heavy (non-hydrogen) atoms. The van der Waals surface area contributed by atoms with Gasteiger partial charge in [0.15, 0.2) is 0 Å². The van der Waals surface area contributed by atoms with Gasteiger partial charge in [0, 0.05) is 6.54 Å². The SMILES string of the molecule is CCOc1ccc(C)cc1S(=O)(=O)NCC(C)C. The maximum absolute atomic E-state index is 12.2. The number of aryl methyl sites for hydroxylation is 1. The van der Waals surface area contributed by atoms with E-state index in [1.807, 2.05) is 33.8 Å². The summed E-state index contributed by atoms with van der Waals surface area (Å²) >= 11 is 0. The number of ether oxygens (including phenoxy) is 1. The van der Waals surface area contributed by atoms with Crippen molar-refractivity contribution >= 4 is 10.0 Å². The average Bonchev–Trinajstić information content (AvgIpc) is 2.29. The van der Waals surface area contributed by atoms with Gasteiger partial charge in [-0.25, -0.2) is 13.1 Å². The molecule has 0 aliphatic rings. The van der Waals surface area contributed by atoms with E-state index < -0.39 is 10.0 Å². The highest BCUT2D eigenvalue weighted by molar-refractivity contribution is 7.89. The minimum absolute atomic E-state index is 0.213. The average molecular weight is 271 g/mol. The lowest BCUT2D eigenvalue weighted by atomic mass is 10.2. The highest BCUT2D eigenvalue weighted by atomic mass is 32.2. The van der Waals surface area contributed by atoms with Gasteiger partial charge in [-0.15, -0.1) is 0 Å². The van der Waals surface area contributed by atoms with Crippen molar-refractivity contribution < 1.29 is 13.2 Å². The summed E-state index contributed by atoms with van der Waals surface area (Å²) < 4.78 is 32.3. The molecule has 0 aliphatic carbocycles. The highest BCUT2D eigenvalue weighted by Crippen LogP contribution is 2.24. The Morgan fingerprint density at radius 3 is 2.56 bits per heavy atom. The van der Waals surface area contributed by atoms with Crippen LogP contribution in [-0.2, 0) is 10.0 Å². The zero-order valence-electron chi connectivity index (χ0n) is 11.4. The van der Waals surface area contributed by atoms with Crippen molar-refractivity contribution in [3.63, 3.8) is 0 Å². The molecule has 0 aromatic heterocycles. The summed E-state index contributed by atoms with van der Waals surface area (Å²) in [6.07, 6.45) is 0. The quantitative estimate of drug-likeness (QED) is 0.864. The van der Waals surface area contributed by atoms with Crippen molar-refractivity contribution in [2.75, 3.05) is 13.2 Å². The summed E-state index contributed by atoms with van der Waals surface area (Å²) in [4.78, 5) is 0.213. The second kappa shape index (κ2) is 6.20. The summed E-state index contributed by atoms with van der Waals surface area (Å²) in [6.45, 7) is 8.47. The summed E-state index contributed by atoms with van der Waals surface area (Å²) in [7, 11) is -3.51. The molecule has 0 radical (unpaired) electrons. The summed E-state index contributed by atoms with van der Waals surface area (Å²) in [5.41, 5.74) is 0.892. The Bertz CT molecular complexity index is 495. The standard InChI is InChI=1S/C13H21NO3S/c1-5-17-12-7-6-11(4)8-13(12)18(15,16)14-9-10(2)3/h6-8,10,14H,5,9H2,1-4H3. The van der Waals surface area contributed by atoms with E-state index in [1.165, 1.54) is 0 Å². The van der Waals surface area contributed by atoms with E-state index in [4.69, 9.17) is 4.74 Å². The lowest BCUT2D eigenvalue weighted by molar-refractivity contribution is 0.331. The van der Waals surface area contributed by atoms with E-state index in [-0.39, 0.29) is 10.8 Å². The number of nitrogens with one attached hydrogen (secondary N) is 1. The van der Waals surface area contributed by atoms with Gasteiger partial charge in [0.1, 0.15) is 10.6 Å². The minimum Gasteiger partial charge on any atom is -0.492 e. The van der Waals surface area contributed by atoms with Crippen LogP contribution in [0.2, 0.25) is 0 Å². The molecule has 4 nitrogen and oxygen atoms in total. The Hall–Kier alpha value is -1.07. The molecular formula is C13H21NO3S. The van der Waals surface area contributed by atoms with E-state index in [9.17, 15) is 8.42 Å². The largest absolute Gasteiger partial charge is 0.492 e. The first-order valence-electron chi connectivity index (χ1n) is 6.10. The normalized spacial score (nSPS) is 11.8. The molecular weight excluding hydrogens is 250 g/mol. The predicted octanol–water partition coefficient (Wildman–Crippen LogP) is 2.33. The van der Waals surface area contributed by atoms with E-state index in [0.29, 0.717) is 18.9 Å².